The molecule has 0 amide bonds. The van der Waals surface area contributed by atoms with Crippen molar-refractivity contribution in [1.29, 1.82) is 0 Å². The van der Waals surface area contributed by atoms with Crippen LogP contribution in [0.15, 0.2) is 43.0 Å². The molecule has 0 radical (unpaired) electrons. The van der Waals surface area contributed by atoms with E-state index in [0.717, 1.165) is 6.42 Å². The first-order chi connectivity index (χ1) is 9.03. The molecule has 1 aromatic heterocycles. The third-order valence-corrected chi connectivity index (χ3v) is 2.93. The third kappa shape index (κ3) is 3.02. The topological polar surface area (TPSA) is 44.1 Å². The molecule has 0 aliphatic carbocycles. The SMILES string of the molecule is CCc1cccc(OC(C)(C)C(=O)n2ccnc2)c1. The van der Waals surface area contributed by atoms with Gasteiger partial charge in [0, 0.05) is 12.4 Å². The summed E-state index contributed by atoms with van der Waals surface area (Å²) in [6.07, 6.45) is 5.62. The first kappa shape index (κ1) is 13.3. The van der Waals surface area contributed by atoms with Crippen molar-refractivity contribution in [3.8, 4) is 5.75 Å². The maximum atomic E-state index is 12.3. The molecular weight excluding hydrogens is 240 g/mol. The van der Waals surface area contributed by atoms with E-state index in [1.54, 1.807) is 26.2 Å². The normalized spacial score (nSPS) is 11.3. The Morgan fingerprint density at radius 3 is 2.84 bits per heavy atom. The van der Waals surface area contributed by atoms with Crippen LogP contribution < -0.4 is 4.74 Å². The van der Waals surface area contributed by atoms with E-state index < -0.39 is 5.60 Å². The maximum Gasteiger partial charge on any atom is 0.275 e. The molecule has 0 saturated carbocycles. The minimum Gasteiger partial charge on any atom is -0.478 e. The van der Waals surface area contributed by atoms with Crippen molar-refractivity contribution in [3.05, 3.63) is 48.5 Å². The molecule has 0 aliphatic heterocycles. The monoisotopic (exact) mass is 258 g/mol. The second-order valence-corrected chi connectivity index (χ2v) is 4.89. The summed E-state index contributed by atoms with van der Waals surface area (Å²) >= 11 is 0. The number of aryl methyl sites for hydroxylation is 1. The van der Waals surface area contributed by atoms with E-state index in [9.17, 15) is 4.79 Å². The van der Waals surface area contributed by atoms with E-state index >= 15 is 0 Å². The Hall–Kier alpha value is -2.10. The fourth-order valence-electron chi connectivity index (χ4n) is 1.86. The highest BCUT2D eigenvalue weighted by Crippen LogP contribution is 2.21. The Balaban J connectivity index is 2.18. The van der Waals surface area contributed by atoms with Crippen molar-refractivity contribution in [2.75, 3.05) is 0 Å². The van der Waals surface area contributed by atoms with Gasteiger partial charge in [0.15, 0.2) is 5.60 Å². The average molecular weight is 258 g/mol. The second-order valence-electron chi connectivity index (χ2n) is 4.89. The second kappa shape index (κ2) is 5.26. The molecule has 0 N–H and O–H groups in total. The largest absolute Gasteiger partial charge is 0.478 e. The molecular formula is C15H18N2O2. The molecule has 1 aromatic carbocycles. The quantitative estimate of drug-likeness (QED) is 0.847. The maximum absolute atomic E-state index is 12.3. The molecule has 0 spiro atoms. The lowest BCUT2D eigenvalue weighted by Gasteiger charge is -2.25. The lowest BCUT2D eigenvalue weighted by molar-refractivity contribution is 0.0487. The predicted octanol–water partition coefficient (Wildman–Crippen LogP) is 2.94. The molecule has 0 saturated heterocycles. The molecule has 0 unspecified atom stereocenters. The van der Waals surface area contributed by atoms with E-state index in [0.29, 0.717) is 5.75 Å². The van der Waals surface area contributed by atoms with Crippen LogP contribution in [0.2, 0.25) is 0 Å². The predicted molar refractivity (Wildman–Crippen MR) is 73.4 cm³/mol. The fraction of sp³-hybridized carbons (Fsp3) is 0.333. The van der Waals surface area contributed by atoms with Crippen molar-refractivity contribution in [2.24, 2.45) is 0 Å². The van der Waals surface area contributed by atoms with Gasteiger partial charge in [-0.1, -0.05) is 19.1 Å². The Morgan fingerprint density at radius 1 is 1.42 bits per heavy atom. The number of imidazole rings is 1. The van der Waals surface area contributed by atoms with E-state index in [1.165, 1.54) is 16.5 Å². The van der Waals surface area contributed by atoms with Gasteiger partial charge >= 0.3 is 0 Å². The Kier molecular flexibility index (Phi) is 3.69. The van der Waals surface area contributed by atoms with E-state index in [-0.39, 0.29) is 5.91 Å². The highest BCUT2D eigenvalue weighted by molar-refractivity contribution is 5.86. The molecule has 4 nitrogen and oxygen atoms in total. The van der Waals surface area contributed by atoms with Gasteiger partial charge in [-0.3, -0.25) is 9.36 Å². The number of hydrogen-bond donors (Lipinski definition) is 0. The van der Waals surface area contributed by atoms with Gasteiger partial charge in [0.05, 0.1) is 0 Å². The van der Waals surface area contributed by atoms with Crippen molar-refractivity contribution in [3.63, 3.8) is 0 Å². The van der Waals surface area contributed by atoms with Crippen LogP contribution in [0.25, 0.3) is 0 Å². The molecule has 4 heteroatoms. The van der Waals surface area contributed by atoms with Gasteiger partial charge in [0.1, 0.15) is 12.1 Å². The molecule has 100 valence electrons. The van der Waals surface area contributed by atoms with Gasteiger partial charge in [-0.25, -0.2) is 4.98 Å². The van der Waals surface area contributed by atoms with Crippen LogP contribution in [0.5, 0.6) is 5.75 Å². The summed E-state index contributed by atoms with van der Waals surface area (Å²) in [5, 5.41) is 0. The summed E-state index contributed by atoms with van der Waals surface area (Å²) in [6, 6.07) is 7.80. The summed E-state index contributed by atoms with van der Waals surface area (Å²) in [5.74, 6) is 0.560. The van der Waals surface area contributed by atoms with Gasteiger partial charge in [0.25, 0.3) is 5.91 Å². The van der Waals surface area contributed by atoms with Crippen LogP contribution in [0.1, 0.15) is 31.1 Å². The minimum atomic E-state index is -0.937. The van der Waals surface area contributed by atoms with E-state index in [2.05, 4.69) is 11.9 Å². The molecule has 0 fully saturated rings. The van der Waals surface area contributed by atoms with Crippen LogP contribution in [0, 0.1) is 0 Å². The highest BCUT2D eigenvalue weighted by Gasteiger charge is 2.31. The number of rotatable bonds is 4. The number of nitrogens with zero attached hydrogens (tertiary/aromatic N) is 2. The fourth-order valence-corrected chi connectivity index (χ4v) is 1.86. The number of aromatic nitrogens is 2. The molecule has 2 aromatic rings. The van der Waals surface area contributed by atoms with Crippen LogP contribution >= 0.6 is 0 Å². The van der Waals surface area contributed by atoms with Crippen molar-refractivity contribution >= 4 is 5.91 Å². The molecule has 19 heavy (non-hydrogen) atoms. The zero-order chi connectivity index (χ0) is 13.9. The zero-order valence-corrected chi connectivity index (χ0v) is 11.5. The van der Waals surface area contributed by atoms with Crippen molar-refractivity contribution in [2.45, 2.75) is 32.8 Å². The lowest BCUT2D eigenvalue weighted by Crippen LogP contribution is -2.41. The van der Waals surface area contributed by atoms with E-state index in [1.807, 2.05) is 24.3 Å². The van der Waals surface area contributed by atoms with Crippen LogP contribution in [0.3, 0.4) is 0 Å². The first-order valence-electron chi connectivity index (χ1n) is 6.33. The smallest absolute Gasteiger partial charge is 0.275 e. The standard InChI is InChI=1S/C15H18N2O2/c1-4-12-6-5-7-13(10-12)19-15(2,3)14(18)17-9-8-16-11-17/h5-11H,4H2,1-3H3. The molecule has 0 bridgehead atoms. The summed E-state index contributed by atoms with van der Waals surface area (Å²) in [7, 11) is 0. The van der Waals surface area contributed by atoms with Gasteiger partial charge < -0.3 is 4.74 Å². The summed E-state index contributed by atoms with van der Waals surface area (Å²) in [6.45, 7) is 5.60. The Morgan fingerprint density at radius 2 is 2.21 bits per heavy atom. The average Bonchev–Trinajstić information content (AvgIpc) is 2.91. The van der Waals surface area contributed by atoms with Crippen LogP contribution in [-0.4, -0.2) is 21.1 Å². The van der Waals surface area contributed by atoms with Gasteiger partial charge in [-0.15, -0.1) is 0 Å². The number of hydrogen-bond acceptors (Lipinski definition) is 3. The van der Waals surface area contributed by atoms with E-state index in [4.69, 9.17) is 4.74 Å². The van der Waals surface area contributed by atoms with Crippen molar-refractivity contribution in [1.82, 2.24) is 9.55 Å². The molecule has 2 rings (SSSR count). The summed E-state index contributed by atoms with van der Waals surface area (Å²) in [4.78, 5) is 16.2. The summed E-state index contributed by atoms with van der Waals surface area (Å²) in [5.41, 5.74) is 0.246. The van der Waals surface area contributed by atoms with Gasteiger partial charge in [0.2, 0.25) is 0 Å². The highest BCUT2D eigenvalue weighted by atomic mass is 16.5. The van der Waals surface area contributed by atoms with Crippen molar-refractivity contribution < 1.29 is 9.53 Å². The number of benzene rings is 1. The molecule has 0 atom stereocenters. The Bertz CT molecular complexity index is 559. The van der Waals surface area contributed by atoms with Gasteiger partial charge in [-0.2, -0.15) is 0 Å². The molecule has 1 heterocycles. The zero-order valence-electron chi connectivity index (χ0n) is 11.5. The molecule has 0 aliphatic rings. The number of carbonyl (C=O) groups is 1. The number of carbonyl (C=O) groups excluding carboxylic acids is 1. The summed E-state index contributed by atoms with van der Waals surface area (Å²) < 4.78 is 7.27. The van der Waals surface area contributed by atoms with Gasteiger partial charge in [-0.05, 0) is 38.0 Å². The third-order valence-electron chi connectivity index (χ3n) is 2.93. The minimum absolute atomic E-state index is 0.146. The lowest BCUT2D eigenvalue weighted by atomic mass is 10.1. The Labute approximate surface area is 113 Å². The van der Waals surface area contributed by atoms with Crippen LogP contribution in [0.4, 0.5) is 0 Å². The number of ether oxygens (including phenoxy) is 1. The van der Waals surface area contributed by atoms with Crippen LogP contribution in [-0.2, 0) is 6.42 Å². The first-order valence-corrected chi connectivity index (χ1v) is 6.33.